The quantitative estimate of drug-likeness (QED) is 0.142. The zero-order valence-electron chi connectivity index (χ0n) is 44.3. The van der Waals surface area contributed by atoms with Gasteiger partial charge in [-0.2, -0.15) is 43.2 Å². The van der Waals surface area contributed by atoms with Crippen molar-refractivity contribution in [3.63, 3.8) is 0 Å². The molecular weight excluding hydrogens is 1030 g/mol. The number of benzene rings is 4. The summed E-state index contributed by atoms with van der Waals surface area (Å²) < 4.78 is 164. The van der Waals surface area contributed by atoms with Gasteiger partial charge in [0.1, 0.15) is 36.2 Å². The summed E-state index contributed by atoms with van der Waals surface area (Å²) in [6.45, 7) is 22.1. The van der Waals surface area contributed by atoms with Crippen molar-refractivity contribution >= 4 is 31.9 Å². The van der Waals surface area contributed by atoms with Crippen molar-refractivity contribution in [2.45, 2.75) is 141 Å². The van der Waals surface area contributed by atoms with Crippen molar-refractivity contribution in [3.8, 4) is 23.0 Å². The minimum atomic E-state index is -6.15. The SMILES string of the molecule is CC(C)(C)c1cc2c3c(c1)Cc1cc(C(C)(C)C)cc(c1OCC(=O)NS(=O)(=O)C(F)(F)F)Cc1cc(C(C)(C)C)cc(c1OCC(=O)NS(=O)(=O)C(F)(F)F)Cc1cc(C(C)(C)C)cc(c1OCCOCCO3)C2. The van der Waals surface area contributed by atoms with Gasteiger partial charge in [-0.25, -0.2) is 9.44 Å². The summed E-state index contributed by atoms with van der Waals surface area (Å²) in [5.74, 6) is -2.31. The molecule has 6 rings (SSSR count). The number of carbonyl (C=O) groups excluding carboxylic acids is 2. The Morgan fingerprint density at radius 2 is 0.680 bits per heavy atom. The lowest BCUT2D eigenvalue weighted by atomic mass is 9.79. The molecule has 21 heteroatoms. The van der Waals surface area contributed by atoms with E-state index in [4.69, 9.17) is 23.7 Å². The molecule has 2 aliphatic rings. The molecule has 0 saturated heterocycles. The zero-order chi connectivity index (χ0) is 56.1. The van der Waals surface area contributed by atoms with Gasteiger partial charge in [0, 0.05) is 25.7 Å². The molecule has 10 bridgehead atoms. The fourth-order valence-electron chi connectivity index (χ4n) is 8.62. The first kappa shape index (κ1) is 58.7. The number of nitrogens with one attached hydrogen (secondary N) is 2. The smallest absolute Gasteiger partial charge is 0.491 e. The third kappa shape index (κ3) is 14.1. The number of amides is 2. The Labute approximate surface area is 435 Å². The molecule has 4 aromatic carbocycles. The molecule has 0 atom stereocenters. The Bertz CT molecular complexity index is 2870. The number of hydrogen-bond acceptors (Lipinski definition) is 11. The first-order valence-electron chi connectivity index (χ1n) is 24.2. The highest BCUT2D eigenvalue weighted by Gasteiger charge is 2.48. The van der Waals surface area contributed by atoms with Crippen LogP contribution in [0.1, 0.15) is 150 Å². The molecule has 0 unspecified atom stereocenters. The van der Waals surface area contributed by atoms with Gasteiger partial charge in [-0.3, -0.25) is 9.59 Å². The van der Waals surface area contributed by atoms with E-state index in [2.05, 4.69) is 53.7 Å². The molecule has 4 aromatic rings. The van der Waals surface area contributed by atoms with Gasteiger partial charge in [0.25, 0.3) is 11.8 Å². The average molecular weight is 1100 g/mol. The van der Waals surface area contributed by atoms with E-state index in [1.54, 1.807) is 12.1 Å². The maximum Gasteiger partial charge on any atom is 0.516 e. The van der Waals surface area contributed by atoms with Crippen LogP contribution < -0.4 is 28.4 Å². The highest BCUT2D eigenvalue weighted by atomic mass is 32.2. The van der Waals surface area contributed by atoms with Crippen LogP contribution in [0.2, 0.25) is 0 Å². The van der Waals surface area contributed by atoms with Crippen LogP contribution in [0.5, 0.6) is 23.0 Å². The summed E-state index contributed by atoms with van der Waals surface area (Å²) in [5.41, 5.74) is -6.23. The molecular formula is C54H66F6N2O11S2. The van der Waals surface area contributed by atoms with E-state index in [1.807, 2.05) is 65.8 Å². The van der Waals surface area contributed by atoms with Crippen LogP contribution in [0.25, 0.3) is 0 Å². The fourth-order valence-corrected chi connectivity index (χ4v) is 9.57. The molecule has 1 aliphatic carbocycles. The highest BCUT2D eigenvalue weighted by molar-refractivity contribution is 7.91. The molecule has 2 N–H and O–H groups in total. The van der Waals surface area contributed by atoms with Gasteiger partial charge in [-0.15, -0.1) is 0 Å². The third-order valence-electron chi connectivity index (χ3n) is 12.7. The van der Waals surface area contributed by atoms with Crippen molar-refractivity contribution in [3.05, 3.63) is 115 Å². The van der Waals surface area contributed by atoms with Crippen LogP contribution >= 0.6 is 0 Å². The minimum absolute atomic E-state index is 0.0168. The van der Waals surface area contributed by atoms with Crippen molar-refractivity contribution in [2.75, 3.05) is 39.6 Å². The van der Waals surface area contributed by atoms with E-state index in [0.717, 1.165) is 31.7 Å². The second-order valence-electron chi connectivity index (χ2n) is 23.0. The second-order valence-corrected chi connectivity index (χ2v) is 26.4. The lowest BCUT2D eigenvalue weighted by Gasteiger charge is -2.29. The van der Waals surface area contributed by atoms with Gasteiger partial charge < -0.3 is 23.7 Å². The third-order valence-corrected chi connectivity index (χ3v) is 14.9. The maximum absolute atomic E-state index is 13.5. The van der Waals surface area contributed by atoms with Gasteiger partial charge in [0.15, 0.2) is 13.2 Å². The average Bonchev–Trinajstić information content (AvgIpc) is 3.23. The molecule has 412 valence electrons. The number of sulfonamides is 2. The van der Waals surface area contributed by atoms with Crippen LogP contribution in [0, 0.1) is 0 Å². The monoisotopic (exact) mass is 1100 g/mol. The van der Waals surface area contributed by atoms with E-state index < -0.39 is 77.8 Å². The van der Waals surface area contributed by atoms with Crippen LogP contribution in [0.4, 0.5) is 26.3 Å². The van der Waals surface area contributed by atoms with Crippen LogP contribution in [-0.4, -0.2) is 79.3 Å². The summed E-state index contributed by atoms with van der Waals surface area (Å²) in [5, 5.41) is 0. The van der Waals surface area contributed by atoms with E-state index in [1.165, 1.54) is 0 Å². The van der Waals surface area contributed by atoms with E-state index in [9.17, 15) is 52.8 Å². The van der Waals surface area contributed by atoms with E-state index in [-0.39, 0.29) is 63.6 Å². The molecule has 0 fully saturated rings. The topological polar surface area (TPSA) is 173 Å². The molecule has 1 aliphatic heterocycles. The largest absolute Gasteiger partial charge is 0.516 e. The van der Waals surface area contributed by atoms with Crippen molar-refractivity contribution in [1.29, 1.82) is 0 Å². The number of halogens is 6. The minimum Gasteiger partial charge on any atom is -0.491 e. The highest BCUT2D eigenvalue weighted by Crippen LogP contribution is 2.45. The Kier molecular flexibility index (Phi) is 16.5. The number of carbonyl (C=O) groups is 2. The van der Waals surface area contributed by atoms with E-state index in [0.29, 0.717) is 56.0 Å². The number of ether oxygens (including phenoxy) is 5. The fraction of sp³-hybridized carbons (Fsp3) is 0.519. The van der Waals surface area contributed by atoms with Gasteiger partial charge in [0.05, 0.1) is 13.2 Å². The lowest BCUT2D eigenvalue weighted by molar-refractivity contribution is -0.122. The van der Waals surface area contributed by atoms with Crippen molar-refractivity contribution in [1.82, 2.24) is 9.44 Å². The van der Waals surface area contributed by atoms with E-state index >= 15 is 0 Å². The first-order chi connectivity index (χ1) is 34.2. The predicted octanol–water partition coefficient (Wildman–Crippen LogP) is 10.0. The van der Waals surface area contributed by atoms with Crippen LogP contribution in [-0.2, 0) is 81.7 Å². The summed E-state index contributed by atoms with van der Waals surface area (Å²) in [6.07, 6.45) is 0.0916. The lowest BCUT2D eigenvalue weighted by Crippen LogP contribution is -2.42. The summed E-state index contributed by atoms with van der Waals surface area (Å²) in [4.78, 5) is 26.4. The second kappa shape index (κ2) is 21.1. The molecule has 1 heterocycles. The Hall–Kier alpha value is -5.54. The Morgan fingerprint density at radius 3 is 0.933 bits per heavy atom. The normalized spacial score (nSPS) is 15.2. The van der Waals surface area contributed by atoms with Gasteiger partial charge in [0.2, 0.25) is 0 Å². The molecule has 0 saturated carbocycles. The Balaban J connectivity index is 1.77. The molecule has 2 amide bonds. The molecule has 0 aromatic heterocycles. The number of alkyl halides is 6. The van der Waals surface area contributed by atoms with Crippen molar-refractivity contribution in [2.24, 2.45) is 0 Å². The van der Waals surface area contributed by atoms with Gasteiger partial charge >= 0.3 is 31.1 Å². The summed E-state index contributed by atoms with van der Waals surface area (Å²) in [7, 11) is -12.3. The van der Waals surface area contributed by atoms with Crippen LogP contribution in [0.15, 0.2) is 48.5 Å². The molecule has 13 nitrogen and oxygen atoms in total. The number of fused-ring (bicyclic) bond motifs is 4. The summed E-state index contributed by atoms with van der Waals surface area (Å²) >= 11 is 0. The maximum atomic E-state index is 13.5. The summed E-state index contributed by atoms with van der Waals surface area (Å²) in [6, 6.07) is 15.3. The zero-order valence-corrected chi connectivity index (χ0v) is 45.9. The predicted molar refractivity (Wildman–Crippen MR) is 271 cm³/mol. The van der Waals surface area contributed by atoms with Crippen molar-refractivity contribution < 1.29 is 76.5 Å². The standard InChI is InChI=1S/C54H66F6N2O11S2/c1-49(2,3)39-21-31-17-32-22-40(50(4,5)6)24-34-19-36-26-42(52(10,11)12)28-38(48(36)73-30-44(64)62-75(67,68)54(58,59)60)20-37-27-41(51(7,8)9)25-35(47(37)72-29-43(63)61-74(65,66)53(55,56)57)18-33(23-39)45(31)70-15-13-69-14-16-71-46(32)34/h21-28H,13-20,29-30H2,1-12H3,(H,61,63)(H,62,64). The molecule has 0 radical (unpaired) electrons. The number of rotatable bonds is 8. The molecule has 75 heavy (non-hydrogen) atoms. The Morgan fingerprint density at radius 1 is 0.440 bits per heavy atom. The van der Waals surface area contributed by atoms with Gasteiger partial charge in [-0.1, -0.05) is 132 Å². The van der Waals surface area contributed by atoms with Gasteiger partial charge in [-0.05, 0) is 88.4 Å². The molecule has 0 spiro atoms. The first-order valence-corrected chi connectivity index (χ1v) is 27.2. The van der Waals surface area contributed by atoms with Crippen LogP contribution in [0.3, 0.4) is 0 Å². The number of hydrogen-bond donors (Lipinski definition) is 2.